The van der Waals surface area contributed by atoms with Gasteiger partial charge in [0.15, 0.2) is 5.82 Å². The molecule has 1 N–H and O–H groups in total. The minimum absolute atomic E-state index is 0.794. The van der Waals surface area contributed by atoms with E-state index in [4.69, 9.17) is 0 Å². The number of unbranched alkanes of at least 4 members (excludes halogenated alkanes) is 1. The first-order valence-corrected chi connectivity index (χ1v) is 6.23. The van der Waals surface area contributed by atoms with Crippen LogP contribution in [0, 0.1) is 6.92 Å². The lowest BCUT2D eigenvalue weighted by atomic mass is 10.3. The van der Waals surface area contributed by atoms with Crippen LogP contribution in [0.1, 0.15) is 18.7 Å². The Morgan fingerprint density at radius 1 is 1.28 bits per heavy atom. The monoisotopic (exact) mass is 248 g/mol. The molecule has 18 heavy (non-hydrogen) atoms. The molecular formula is C12H20N6. The van der Waals surface area contributed by atoms with Gasteiger partial charge in [-0.05, 0) is 40.4 Å². The van der Waals surface area contributed by atoms with Crippen LogP contribution in [0.5, 0.6) is 0 Å². The zero-order valence-corrected chi connectivity index (χ0v) is 11.2. The van der Waals surface area contributed by atoms with Crippen molar-refractivity contribution in [3.05, 3.63) is 18.2 Å². The third-order valence-corrected chi connectivity index (χ3v) is 2.82. The Labute approximate surface area is 107 Å². The van der Waals surface area contributed by atoms with Gasteiger partial charge in [0.1, 0.15) is 5.82 Å². The maximum Gasteiger partial charge on any atom is 0.203 e. The summed E-state index contributed by atoms with van der Waals surface area (Å²) in [5, 5.41) is 11.5. The van der Waals surface area contributed by atoms with Gasteiger partial charge in [-0.2, -0.15) is 0 Å². The Morgan fingerprint density at radius 2 is 2.11 bits per heavy atom. The number of aryl methyl sites for hydroxylation is 1. The van der Waals surface area contributed by atoms with Gasteiger partial charge in [0, 0.05) is 18.9 Å². The standard InChI is InChI=1S/C12H20N6/c1-10-15-16-12-11(14-7-9-18(10)12)13-6-4-5-8-17(2)3/h7,9H,4-6,8H2,1-3H3,(H,13,14). The fourth-order valence-corrected chi connectivity index (χ4v) is 1.83. The lowest BCUT2D eigenvalue weighted by Gasteiger charge is -2.09. The van der Waals surface area contributed by atoms with Crippen molar-refractivity contribution in [1.82, 2.24) is 24.5 Å². The molecule has 6 nitrogen and oxygen atoms in total. The van der Waals surface area contributed by atoms with Crippen LogP contribution < -0.4 is 5.32 Å². The van der Waals surface area contributed by atoms with Crippen molar-refractivity contribution < 1.29 is 0 Å². The second-order valence-electron chi connectivity index (χ2n) is 4.65. The van der Waals surface area contributed by atoms with E-state index in [0.717, 1.165) is 36.8 Å². The summed E-state index contributed by atoms with van der Waals surface area (Å²) in [5.41, 5.74) is 0.794. The Hall–Kier alpha value is -1.69. The number of fused-ring (bicyclic) bond motifs is 1. The Morgan fingerprint density at radius 3 is 2.89 bits per heavy atom. The fourth-order valence-electron chi connectivity index (χ4n) is 1.83. The van der Waals surface area contributed by atoms with Gasteiger partial charge in [0.05, 0.1) is 0 Å². The third-order valence-electron chi connectivity index (χ3n) is 2.82. The van der Waals surface area contributed by atoms with E-state index in [0.29, 0.717) is 0 Å². The molecule has 2 rings (SSSR count). The molecule has 0 aliphatic carbocycles. The molecule has 2 heterocycles. The van der Waals surface area contributed by atoms with Gasteiger partial charge in [0.2, 0.25) is 5.65 Å². The molecule has 0 aliphatic heterocycles. The number of hydrogen-bond donors (Lipinski definition) is 1. The molecule has 0 saturated heterocycles. The largest absolute Gasteiger partial charge is 0.367 e. The lowest BCUT2D eigenvalue weighted by molar-refractivity contribution is 0.396. The second kappa shape index (κ2) is 5.77. The third kappa shape index (κ3) is 2.95. The smallest absolute Gasteiger partial charge is 0.203 e. The van der Waals surface area contributed by atoms with Gasteiger partial charge in [-0.25, -0.2) is 4.98 Å². The highest BCUT2D eigenvalue weighted by Crippen LogP contribution is 2.11. The van der Waals surface area contributed by atoms with Crippen molar-refractivity contribution in [2.75, 3.05) is 32.5 Å². The van der Waals surface area contributed by atoms with Gasteiger partial charge in [0.25, 0.3) is 0 Å². The second-order valence-corrected chi connectivity index (χ2v) is 4.65. The van der Waals surface area contributed by atoms with E-state index in [1.165, 1.54) is 6.42 Å². The predicted molar refractivity (Wildman–Crippen MR) is 71.8 cm³/mol. The molecule has 2 aromatic heterocycles. The quantitative estimate of drug-likeness (QED) is 0.778. The maximum atomic E-state index is 4.31. The van der Waals surface area contributed by atoms with Crippen LogP contribution in [-0.2, 0) is 0 Å². The van der Waals surface area contributed by atoms with Crippen LogP contribution >= 0.6 is 0 Å². The number of aromatic nitrogens is 4. The summed E-state index contributed by atoms with van der Waals surface area (Å²) >= 11 is 0. The van der Waals surface area contributed by atoms with E-state index in [-0.39, 0.29) is 0 Å². The highest BCUT2D eigenvalue weighted by molar-refractivity contribution is 5.61. The van der Waals surface area contributed by atoms with Gasteiger partial charge >= 0.3 is 0 Å². The molecule has 0 bridgehead atoms. The van der Waals surface area contributed by atoms with Crippen molar-refractivity contribution in [1.29, 1.82) is 0 Å². The van der Waals surface area contributed by atoms with Crippen LogP contribution in [0.25, 0.3) is 5.65 Å². The highest BCUT2D eigenvalue weighted by Gasteiger charge is 2.06. The molecule has 0 fully saturated rings. The number of nitrogens with zero attached hydrogens (tertiary/aromatic N) is 5. The SMILES string of the molecule is Cc1nnc2c(NCCCCN(C)C)nccn12. The summed E-state index contributed by atoms with van der Waals surface area (Å²) in [7, 11) is 4.18. The van der Waals surface area contributed by atoms with E-state index >= 15 is 0 Å². The Bertz CT molecular complexity index is 504. The topological polar surface area (TPSA) is 58.4 Å². The first-order valence-electron chi connectivity index (χ1n) is 6.23. The summed E-state index contributed by atoms with van der Waals surface area (Å²) in [5.74, 6) is 1.69. The van der Waals surface area contributed by atoms with Crippen molar-refractivity contribution in [2.45, 2.75) is 19.8 Å². The highest BCUT2D eigenvalue weighted by atomic mass is 15.3. The number of rotatable bonds is 6. The van der Waals surface area contributed by atoms with Crippen LogP contribution in [0.15, 0.2) is 12.4 Å². The van der Waals surface area contributed by atoms with E-state index in [9.17, 15) is 0 Å². The summed E-state index contributed by atoms with van der Waals surface area (Å²) < 4.78 is 1.94. The van der Waals surface area contributed by atoms with Crippen LogP contribution in [0.4, 0.5) is 5.82 Å². The molecule has 0 saturated carbocycles. The number of nitrogens with one attached hydrogen (secondary N) is 1. The molecule has 0 aliphatic rings. The molecule has 6 heteroatoms. The molecule has 2 aromatic rings. The van der Waals surface area contributed by atoms with Gasteiger partial charge in [-0.15, -0.1) is 10.2 Å². The van der Waals surface area contributed by atoms with E-state index < -0.39 is 0 Å². The van der Waals surface area contributed by atoms with Crippen LogP contribution in [-0.4, -0.2) is 51.7 Å². The summed E-state index contributed by atoms with van der Waals surface area (Å²) in [6, 6.07) is 0. The van der Waals surface area contributed by atoms with Crippen LogP contribution in [0.2, 0.25) is 0 Å². The van der Waals surface area contributed by atoms with E-state index in [1.54, 1.807) is 6.20 Å². The van der Waals surface area contributed by atoms with Crippen LogP contribution in [0.3, 0.4) is 0 Å². The molecule has 0 atom stereocenters. The lowest BCUT2D eigenvalue weighted by Crippen LogP contribution is -2.14. The number of anilines is 1. The first-order chi connectivity index (χ1) is 8.68. The average Bonchev–Trinajstić information content (AvgIpc) is 2.71. The summed E-state index contributed by atoms with van der Waals surface area (Å²) in [4.78, 5) is 6.50. The minimum Gasteiger partial charge on any atom is -0.367 e. The first kappa shape index (κ1) is 12.8. The fraction of sp³-hybridized carbons (Fsp3) is 0.583. The van der Waals surface area contributed by atoms with Gasteiger partial charge in [-0.1, -0.05) is 0 Å². The Balaban J connectivity index is 1.92. The summed E-state index contributed by atoms with van der Waals surface area (Å²) in [6.07, 6.45) is 5.94. The van der Waals surface area contributed by atoms with E-state index in [2.05, 4.69) is 39.5 Å². The van der Waals surface area contributed by atoms with Crippen molar-refractivity contribution in [3.8, 4) is 0 Å². The molecular weight excluding hydrogens is 228 g/mol. The van der Waals surface area contributed by atoms with Crippen molar-refractivity contribution in [2.24, 2.45) is 0 Å². The number of hydrogen-bond acceptors (Lipinski definition) is 5. The average molecular weight is 248 g/mol. The van der Waals surface area contributed by atoms with Crippen molar-refractivity contribution in [3.63, 3.8) is 0 Å². The minimum atomic E-state index is 0.794. The predicted octanol–water partition coefficient (Wildman–Crippen LogP) is 1.19. The Kier molecular flexibility index (Phi) is 4.09. The van der Waals surface area contributed by atoms with Gasteiger partial charge in [-0.3, -0.25) is 4.40 Å². The zero-order chi connectivity index (χ0) is 13.0. The van der Waals surface area contributed by atoms with Crippen molar-refractivity contribution >= 4 is 11.5 Å². The molecule has 0 unspecified atom stereocenters. The van der Waals surface area contributed by atoms with Gasteiger partial charge < -0.3 is 10.2 Å². The van der Waals surface area contributed by atoms with E-state index in [1.807, 2.05) is 17.5 Å². The maximum absolute atomic E-state index is 4.31. The molecule has 0 radical (unpaired) electrons. The molecule has 0 aromatic carbocycles. The summed E-state index contributed by atoms with van der Waals surface area (Å²) in [6.45, 7) is 3.95. The molecule has 0 amide bonds. The zero-order valence-electron chi connectivity index (χ0n) is 11.2. The normalized spacial score (nSPS) is 11.3. The molecule has 98 valence electrons. The molecule has 0 spiro atoms.